The third-order valence-electron chi connectivity index (χ3n) is 3.98. The number of ether oxygens (including phenoxy) is 2. The highest BCUT2D eigenvalue weighted by atomic mass is 35.5. The Kier molecular flexibility index (Phi) is 7.72. The first-order valence-corrected chi connectivity index (χ1v) is 9.12. The van der Waals surface area contributed by atoms with E-state index in [9.17, 15) is 28.3 Å². The number of allylic oxidation sites excluding steroid dienone is 1. The van der Waals surface area contributed by atoms with E-state index < -0.39 is 23.8 Å². The van der Waals surface area contributed by atoms with E-state index in [1.54, 1.807) is 6.08 Å². The lowest BCUT2D eigenvalue weighted by Gasteiger charge is -2.17. The number of carboxylic acid groups (broad SMARTS) is 1. The van der Waals surface area contributed by atoms with Crippen LogP contribution in [0.3, 0.4) is 0 Å². The molecule has 0 saturated carbocycles. The largest absolute Gasteiger partial charge is 0.479 e. The number of carboxylic acids is 1. The van der Waals surface area contributed by atoms with Gasteiger partial charge in [0.15, 0.2) is 6.10 Å². The van der Waals surface area contributed by atoms with E-state index in [0.717, 1.165) is 18.2 Å². The van der Waals surface area contributed by atoms with Gasteiger partial charge in [-0.1, -0.05) is 17.7 Å². The first kappa shape index (κ1) is 23.1. The Bertz CT molecular complexity index is 970. The fourth-order valence-electron chi connectivity index (χ4n) is 2.48. The number of hydrogen-bond donors (Lipinski definition) is 1. The molecule has 0 amide bonds. The molecule has 0 aliphatic heterocycles. The minimum Gasteiger partial charge on any atom is -0.479 e. The van der Waals surface area contributed by atoms with Crippen molar-refractivity contribution >= 4 is 17.6 Å². The number of carbonyl (C=O) groups is 1. The summed E-state index contributed by atoms with van der Waals surface area (Å²) in [5.41, 5.74) is -0.844. The molecule has 0 radical (unpaired) electrons. The van der Waals surface area contributed by atoms with Crippen molar-refractivity contribution in [2.75, 3.05) is 0 Å². The standard InChI is InChI=1S/C21H17ClF3NO4/c1-2-3-4-5-18(20(27)28)30-19-11-15(8-6-13(19)12-26)29-17-9-7-14(10-16(17)22)21(23,24)25/h2,6-11,18H,1,3-5H2,(H,27,28). The second kappa shape index (κ2) is 10.0. The van der Waals surface area contributed by atoms with E-state index in [2.05, 4.69) is 6.58 Å². The number of nitrogens with zero attached hydrogens (tertiary/aromatic N) is 1. The van der Waals surface area contributed by atoms with Crippen molar-refractivity contribution in [3.05, 3.63) is 65.2 Å². The van der Waals surface area contributed by atoms with Crippen molar-refractivity contribution in [3.8, 4) is 23.3 Å². The van der Waals surface area contributed by atoms with Crippen LogP contribution in [0.15, 0.2) is 49.1 Å². The quantitative estimate of drug-likeness (QED) is 0.371. The normalized spacial score (nSPS) is 12.0. The number of unbranched alkanes of at least 4 members (excludes halogenated alkanes) is 1. The first-order valence-electron chi connectivity index (χ1n) is 8.74. The van der Waals surface area contributed by atoms with Gasteiger partial charge in [0.25, 0.3) is 0 Å². The van der Waals surface area contributed by atoms with Gasteiger partial charge in [-0.25, -0.2) is 4.79 Å². The van der Waals surface area contributed by atoms with E-state index in [-0.39, 0.29) is 34.3 Å². The second-order valence-corrected chi connectivity index (χ2v) is 6.59. The monoisotopic (exact) mass is 439 g/mol. The summed E-state index contributed by atoms with van der Waals surface area (Å²) in [4.78, 5) is 11.5. The molecule has 2 aromatic rings. The van der Waals surface area contributed by atoms with E-state index in [1.165, 1.54) is 18.2 Å². The lowest BCUT2D eigenvalue weighted by molar-refractivity contribution is -0.145. The summed E-state index contributed by atoms with van der Waals surface area (Å²) in [5, 5.41) is 18.4. The van der Waals surface area contributed by atoms with Gasteiger partial charge >= 0.3 is 12.1 Å². The fraction of sp³-hybridized carbons (Fsp3) is 0.238. The predicted octanol–water partition coefficient (Wildman–Crippen LogP) is 6.21. The number of alkyl halides is 3. The highest BCUT2D eigenvalue weighted by molar-refractivity contribution is 6.32. The van der Waals surface area contributed by atoms with Crippen LogP contribution in [-0.4, -0.2) is 17.2 Å². The smallest absolute Gasteiger partial charge is 0.416 e. The lowest BCUT2D eigenvalue weighted by atomic mass is 10.1. The Morgan fingerprint density at radius 2 is 2.00 bits per heavy atom. The molecule has 30 heavy (non-hydrogen) atoms. The van der Waals surface area contributed by atoms with Crippen LogP contribution >= 0.6 is 11.6 Å². The Labute approximate surface area is 175 Å². The third kappa shape index (κ3) is 6.16. The SMILES string of the molecule is C=CCCCC(Oc1cc(Oc2ccc(C(F)(F)F)cc2Cl)ccc1C#N)C(=O)O. The Morgan fingerprint density at radius 1 is 1.27 bits per heavy atom. The molecule has 1 N–H and O–H groups in total. The van der Waals surface area contributed by atoms with Crippen LogP contribution in [0, 0.1) is 11.3 Å². The Hall–Kier alpha value is -3.18. The van der Waals surface area contributed by atoms with Crippen LogP contribution in [0.2, 0.25) is 5.02 Å². The minimum absolute atomic E-state index is 0.0240. The molecule has 0 aromatic heterocycles. The van der Waals surface area contributed by atoms with Gasteiger partial charge in [0, 0.05) is 6.07 Å². The summed E-state index contributed by atoms with van der Waals surface area (Å²) >= 11 is 5.89. The summed E-state index contributed by atoms with van der Waals surface area (Å²) < 4.78 is 49.3. The van der Waals surface area contributed by atoms with Crippen molar-refractivity contribution in [1.82, 2.24) is 0 Å². The zero-order valence-electron chi connectivity index (χ0n) is 15.6. The van der Waals surface area contributed by atoms with Crippen LogP contribution in [0.1, 0.15) is 30.4 Å². The van der Waals surface area contributed by atoms with Crippen LogP contribution in [0.4, 0.5) is 13.2 Å². The predicted molar refractivity (Wildman–Crippen MR) is 104 cm³/mol. The molecule has 0 bridgehead atoms. The zero-order chi connectivity index (χ0) is 22.3. The Balaban J connectivity index is 2.26. The Morgan fingerprint density at radius 3 is 2.57 bits per heavy atom. The maximum atomic E-state index is 12.8. The third-order valence-corrected chi connectivity index (χ3v) is 4.28. The average molecular weight is 440 g/mol. The molecule has 5 nitrogen and oxygen atoms in total. The molecule has 1 atom stereocenters. The van der Waals surface area contributed by atoms with Gasteiger partial charge in [0.05, 0.1) is 16.1 Å². The molecule has 2 rings (SSSR count). The molecule has 0 aliphatic rings. The van der Waals surface area contributed by atoms with E-state index in [1.807, 2.05) is 6.07 Å². The average Bonchev–Trinajstić information content (AvgIpc) is 2.68. The molecular weight excluding hydrogens is 423 g/mol. The van der Waals surface area contributed by atoms with Crippen molar-refractivity contribution in [1.29, 1.82) is 5.26 Å². The van der Waals surface area contributed by atoms with Crippen molar-refractivity contribution in [3.63, 3.8) is 0 Å². The maximum absolute atomic E-state index is 12.8. The van der Waals surface area contributed by atoms with Crippen LogP contribution in [0.25, 0.3) is 0 Å². The van der Waals surface area contributed by atoms with Gasteiger partial charge in [-0.3, -0.25) is 0 Å². The number of rotatable bonds is 9. The highest BCUT2D eigenvalue weighted by Gasteiger charge is 2.31. The second-order valence-electron chi connectivity index (χ2n) is 6.18. The summed E-state index contributed by atoms with van der Waals surface area (Å²) in [6.07, 6.45) is -2.76. The van der Waals surface area contributed by atoms with Crippen LogP contribution < -0.4 is 9.47 Å². The van der Waals surface area contributed by atoms with Crippen molar-refractivity contribution in [2.45, 2.75) is 31.5 Å². The van der Waals surface area contributed by atoms with E-state index in [0.29, 0.717) is 12.8 Å². The van der Waals surface area contributed by atoms with Gasteiger partial charge in [-0.05, 0) is 49.6 Å². The van der Waals surface area contributed by atoms with Crippen molar-refractivity contribution in [2.24, 2.45) is 0 Å². The molecule has 0 fully saturated rings. The van der Waals surface area contributed by atoms with Crippen LogP contribution in [-0.2, 0) is 11.0 Å². The number of hydrogen-bond acceptors (Lipinski definition) is 4. The summed E-state index contributed by atoms with van der Waals surface area (Å²) in [6, 6.07) is 8.55. The molecule has 0 saturated heterocycles. The first-order chi connectivity index (χ1) is 14.2. The van der Waals surface area contributed by atoms with Gasteiger partial charge in [-0.2, -0.15) is 18.4 Å². The summed E-state index contributed by atoms with van der Waals surface area (Å²) in [5.74, 6) is -1.15. The van der Waals surface area contributed by atoms with E-state index in [4.69, 9.17) is 21.1 Å². The van der Waals surface area contributed by atoms with Gasteiger partial charge in [0.1, 0.15) is 23.3 Å². The highest BCUT2D eigenvalue weighted by Crippen LogP contribution is 2.37. The number of nitriles is 1. The fourth-order valence-corrected chi connectivity index (χ4v) is 2.70. The molecule has 158 valence electrons. The molecule has 0 spiro atoms. The van der Waals surface area contributed by atoms with E-state index >= 15 is 0 Å². The molecular formula is C21H17ClF3NO4. The molecule has 0 aliphatic carbocycles. The number of halogens is 4. The van der Waals surface area contributed by atoms with Crippen LogP contribution in [0.5, 0.6) is 17.2 Å². The molecule has 9 heteroatoms. The number of benzene rings is 2. The summed E-state index contributed by atoms with van der Waals surface area (Å²) in [6.45, 7) is 3.57. The van der Waals surface area contributed by atoms with Gasteiger partial charge < -0.3 is 14.6 Å². The maximum Gasteiger partial charge on any atom is 0.416 e. The zero-order valence-corrected chi connectivity index (χ0v) is 16.3. The molecule has 1 unspecified atom stereocenters. The minimum atomic E-state index is -4.55. The molecule has 0 heterocycles. The topological polar surface area (TPSA) is 79.5 Å². The van der Waals surface area contributed by atoms with Gasteiger partial charge in [-0.15, -0.1) is 6.58 Å². The summed E-state index contributed by atoms with van der Waals surface area (Å²) in [7, 11) is 0. The van der Waals surface area contributed by atoms with Gasteiger partial charge in [0.2, 0.25) is 0 Å². The molecule has 2 aromatic carbocycles. The lowest BCUT2D eigenvalue weighted by Crippen LogP contribution is -2.27. The number of aliphatic carboxylic acids is 1. The van der Waals surface area contributed by atoms with Crippen molar-refractivity contribution < 1.29 is 32.5 Å².